The first-order valence-electron chi connectivity index (χ1n) is 11.0. The number of allylic oxidation sites excluding steroid dienone is 1. The summed E-state index contributed by atoms with van der Waals surface area (Å²) in [6.45, 7) is 3.77. The van der Waals surface area contributed by atoms with Gasteiger partial charge in [0, 0.05) is 29.7 Å². The molecule has 182 valence electrons. The van der Waals surface area contributed by atoms with Crippen molar-refractivity contribution in [1.29, 1.82) is 0 Å². The molecule has 10 heteroatoms. The summed E-state index contributed by atoms with van der Waals surface area (Å²) < 4.78 is 14.0. The van der Waals surface area contributed by atoms with Gasteiger partial charge in [0.15, 0.2) is 5.78 Å². The summed E-state index contributed by atoms with van der Waals surface area (Å²) in [6, 6.07) is 17.0. The van der Waals surface area contributed by atoms with Crippen molar-refractivity contribution in [2.24, 2.45) is 0 Å². The Bertz CT molecular complexity index is 1470. The SMILES string of the molecule is CC(C)Oc1ccc(C(=O)/C(Cc2ccc([N+](=O)[O-])cc2)=C(/C(=O)O)c2ccc3nsnc3c2)cc1. The van der Waals surface area contributed by atoms with E-state index >= 15 is 0 Å². The molecule has 1 heterocycles. The number of carboxylic acids is 1. The first kappa shape index (κ1) is 24.7. The minimum atomic E-state index is -1.28. The number of aliphatic carboxylic acids is 1. The van der Waals surface area contributed by atoms with Crippen molar-refractivity contribution in [2.45, 2.75) is 26.4 Å². The summed E-state index contributed by atoms with van der Waals surface area (Å²) in [5.41, 5.74) is 2.07. The number of carboxylic acid groups (broad SMARTS) is 1. The van der Waals surface area contributed by atoms with Crippen LogP contribution in [0.3, 0.4) is 0 Å². The second-order valence-electron chi connectivity index (χ2n) is 8.25. The van der Waals surface area contributed by atoms with Crippen LogP contribution < -0.4 is 4.74 Å². The molecule has 0 saturated carbocycles. The second-order valence-corrected chi connectivity index (χ2v) is 8.78. The van der Waals surface area contributed by atoms with Gasteiger partial charge in [-0.1, -0.05) is 18.2 Å². The zero-order valence-electron chi connectivity index (χ0n) is 19.4. The topological polar surface area (TPSA) is 133 Å². The van der Waals surface area contributed by atoms with E-state index < -0.39 is 16.7 Å². The Labute approximate surface area is 210 Å². The van der Waals surface area contributed by atoms with Gasteiger partial charge in [0.2, 0.25) is 0 Å². The van der Waals surface area contributed by atoms with Crippen molar-refractivity contribution in [3.63, 3.8) is 0 Å². The van der Waals surface area contributed by atoms with Crippen molar-refractivity contribution >= 4 is 45.8 Å². The summed E-state index contributed by atoms with van der Waals surface area (Å²) in [5.74, 6) is -1.16. The van der Waals surface area contributed by atoms with E-state index in [1.807, 2.05) is 13.8 Å². The van der Waals surface area contributed by atoms with Gasteiger partial charge in [0.25, 0.3) is 5.69 Å². The van der Waals surface area contributed by atoms with Crippen molar-refractivity contribution in [3.8, 4) is 5.75 Å². The normalized spacial score (nSPS) is 11.9. The highest BCUT2D eigenvalue weighted by molar-refractivity contribution is 7.00. The summed E-state index contributed by atoms with van der Waals surface area (Å²) in [4.78, 5) is 36.7. The van der Waals surface area contributed by atoms with Crippen LogP contribution in [0.4, 0.5) is 5.69 Å². The van der Waals surface area contributed by atoms with Crippen LogP contribution in [0.25, 0.3) is 16.6 Å². The number of nitro benzene ring substituents is 1. The standard InChI is InChI=1S/C26H21N3O6S/c1-15(2)35-20-10-5-17(6-11-20)25(30)21(13-16-3-8-19(9-4-16)29(33)34)24(26(31)32)18-7-12-22-23(14-18)28-36-27-22/h3-12,14-15H,13H2,1-2H3,(H,31,32)/b24-21+. The molecule has 3 aromatic carbocycles. The van der Waals surface area contributed by atoms with E-state index in [0.717, 1.165) is 11.7 Å². The molecule has 0 aliphatic heterocycles. The van der Waals surface area contributed by atoms with Gasteiger partial charge in [0.1, 0.15) is 16.8 Å². The molecule has 0 saturated heterocycles. The number of nitro groups is 1. The predicted octanol–water partition coefficient (Wildman–Crippen LogP) is 5.35. The highest BCUT2D eigenvalue weighted by atomic mass is 32.1. The first-order valence-corrected chi connectivity index (χ1v) is 11.7. The number of ketones is 1. The Morgan fingerprint density at radius 3 is 2.22 bits per heavy atom. The van der Waals surface area contributed by atoms with Gasteiger partial charge < -0.3 is 9.84 Å². The number of non-ortho nitro benzene ring substituents is 1. The second kappa shape index (κ2) is 10.4. The molecule has 0 radical (unpaired) electrons. The fourth-order valence-corrected chi connectivity index (χ4v) is 4.23. The van der Waals surface area contributed by atoms with Crippen LogP contribution >= 0.6 is 11.7 Å². The molecule has 0 atom stereocenters. The number of benzene rings is 3. The van der Waals surface area contributed by atoms with Crippen LogP contribution in [0.1, 0.15) is 35.3 Å². The fourth-order valence-electron chi connectivity index (χ4n) is 3.72. The Balaban J connectivity index is 1.83. The molecule has 0 bridgehead atoms. The highest BCUT2D eigenvalue weighted by Gasteiger charge is 2.25. The van der Waals surface area contributed by atoms with Gasteiger partial charge in [-0.2, -0.15) is 8.75 Å². The predicted molar refractivity (Wildman–Crippen MR) is 135 cm³/mol. The van der Waals surface area contributed by atoms with Crippen molar-refractivity contribution in [3.05, 3.63) is 99.1 Å². The molecule has 9 nitrogen and oxygen atoms in total. The number of carbonyl (C=O) groups is 2. The van der Waals surface area contributed by atoms with Crippen LogP contribution in [0.2, 0.25) is 0 Å². The van der Waals surface area contributed by atoms with Gasteiger partial charge >= 0.3 is 5.97 Å². The third-order valence-electron chi connectivity index (χ3n) is 5.35. The van der Waals surface area contributed by atoms with E-state index in [4.69, 9.17) is 4.74 Å². The molecule has 1 N–H and O–H groups in total. The highest BCUT2D eigenvalue weighted by Crippen LogP contribution is 2.29. The smallest absolute Gasteiger partial charge is 0.336 e. The lowest BCUT2D eigenvalue weighted by Crippen LogP contribution is -2.14. The Kier molecular flexibility index (Phi) is 7.16. The van der Waals surface area contributed by atoms with Crippen LogP contribution in [-0.2, 0) is 11.2 Å². The fraction of sp³-hybridized carbons (Fsp3) is 0.154. The van der Waals surface area contributed by atoms with E-state index in [-0.39, 0.29) is 34.9 Å². The first-order chi connectivity index (χ1) is 17.2. The number of rotatable bonds is 9. The third-order valence-corrected chi connectivity index (χ3v) is 5.91. The van der Waals surface area contributed by atoms with Gasteiger partial charge in [-0.15, -0.1) is 0 Å². The number of aromatic nitrogens is 2. The van der Waals surface area contributed by atoms with Gasteiger partial charge in [-0.3, -0.25) is 14.9 Å². The molecule has 0 amide bonds. The monoisotopic (exact) mass is 503 g/mol. The summed E-state index contributed by atoms with van der Waals surface area (Å²) in [5, 5.41) is 21.2. The molecule has 0 aliphatic rings. The number of carbonyl (C=O) groups excluding carboxylic acids is 1. The Morgan fingerprint density at radius 2 is 1.61 bits per heavy atom. The average Bonchev–Trinajstić information content (AvgIpc) is 3.31. The minimum absolute atomic E-state index is 0.0384. The summed E-state index contributed by atoms with van der Waals surface area (Å²) in [7, 11) is 0. The lowest BCUT2D eigenvalue weighted by atomic mass is 9.89. The molecule has 0 spiro atoms. The number of nitrogens with zero attached hydrogens (tertiary/aromatic N) is 3. The molecular formula is C26H21N3O6S. The van der Waals surface area contributed by atoms with Crippen LogP contribution in [0, 0.1) is 10.1 Å². The molecule has 4 rings (SSSR count). The number of Topliss-reactive ketones (excluding diaryl/α,β-unsaturated/α-hetero) is 1. The van der Waals surface area contributed by atoms with Crippen LogP contribution in [-0.4, -0.2) is 36.6 Å². The Hall–Kier alpha value is -4.44. The zero-order valence-corrected chi connectivity index (χ0v) is 20.2. The number of fused-ring (bicyclic) bond motifs is 1. The summed E-state index contributed by atoms with van der Waals surface area (Å²) in [6.07, 6.45) is -0.0892. The van der Waals surface area contributed by atoms with Gasteiger partial charge in [-0.05, 0) is 61.4 Å². The van der Waals surface area contributed by atoms with E-state index in [1.165, 1.54) is 24.3 Å². The lowest BCUT2D eigenvalue weighted by Gasteiger charge is -2.14. The van der Waals surface area contributed by atoms with Crippen molar-refractivity contribution < 1.29 is 24.4 Å². The van der Waals surface area contributed by atoms with Crippen LogP contribution in [0.5, 0.6) is 5.75 Å². The van der Waals surface area contributed by atoms with E-state index in [0.29, 0.717) is 27.9 Å². The molecule has 1 aromatic heterocycles. The zero-order chi connectivity index (χ0) is 25.8. The van der Waals surface area contributed by atoms with Crippen LogP contribution in [0.15, 0.2) is 72.3 Å². The lowest BCUT2D eigenvalue weighted by molar-refractivity contribution is -0.384. The third kappa shape index (κ3) is 5.44. The molecule has 4 aromatic rings. The summed E-state index contributed by atoms with van der Waals surface area (Å²) >= 11 is 1.01. The van der Waals surface area contributed by atoms with E-state index in [2.05, 4.69) is 8.75 Å². The minimum Gasteiger partial charge on any atom is -0.491 e. The van der Waals surface area contributed by atoms with Crippen molar-refractivity contribution in [1.82, 2.24) is 8.75 Å². The maximum Gasteiger partial charge on any atom is 0.336 e. The number of hydrogen-bond acceptors (Lipinski definition) is 8. The van der Waals surface area contributed by atoms with E-state index in [9.17, 15) is 24.8 Å². The molecule has 36 heavy (non-hydrogen) atoms. The van der Waals surface area contributed by atoms with Gasteiger partial charge in [-0.25, -0.2) is 4.79 Å². The largest absolute Gasteiger partial charge is 0.491 e. The molecule has 0 fully saturated rings. The quantitative estimate of drug-likeness (QED) is 0.140. The number of hydrogen-bond donors (Lipinski definition) is 1. The van der Waals surface area contributed by atoms with E-state index in [1.54, 1.807) is 42.5 Å². The molecular weight excluding hydrogens is 482 g/mol. The van der Waals surface area contributed by atoms with Gasteiger partial charge in [0.05, 0.1) is 28.3 Å². The number of ether oxygens (including phenoxy) is 1. The maximum atomic E-state index is 13.7. The average molecular weight is 504 g/mol. The maximum absolute atomic E-state index is 13.7. The molecule has 0 unspecified atom stereocenters. The Morgan fingerprint density at radius 1 is 0.972 bits per heavy atom. The van der Waals surface area contributed by atoms with Crippen molar-refractivity contribution in [2.75, 3.05) is 0 Å². The molecule has 0 aliphatic carbocycles.